The van der Waals surface area contributed by atoms with Crippen molar-refractivity contribution < 1.29 is 35.1 Å². The first kappa shape index (κ1) is 23.2. The number of phenolic OH excluding ortho intramolecular Hbond substituents is 4. The molecular weight excluding hydrogens is 412 g/mol. The van der Waals surface area contributed by atoms with Gasteiger partial charge in [0.05, 0.1) is 0 Å². The standard InChI is InChI=1S/C25H28O7/c1-13(2)5-4-6-14(3)7-9-16-18(27)12-20-21(22(16)29)23(30)24(31)25(32-20)15-8-10-17(26)19(28)11-15/h5,7-8,10-12,24-29,31H,4,6,9H2,1-3H3/t24-,25+/m0/s1. The third kappa shape index (κ3) is 4.73. The molecule has 32 heavy (non-hydrogen) atoms. The molecule has 7 nitrogen and oxygen atoms in total. The van der Waals surface area contributed by atoms with E-state index in [1.807, 2.05) is 26.8 Å². The Kier molecular flexibility index (Phi) is 6.79. The van der Waals surface area contributed by atoms with Crippen molar-refractivity contribution in [1.82, 2.24) is 0 Å². The minimum absolute atomic E-state index is 0.0686. The maximum Gasteiger partial charge on any atom is 0.202 e. The number of aliphatic hydroxyl groups excluding tert-OH is 1. The highest BCUT2D eigenvalue weighted by molar-refractivity contribution is 6.06. The summed E-state index contributed by atoms with van der Waals surface area (Å²) in [5.74, 6) is -2.26. The van der Waals surface area contributed by atoms with Crippen molar-refractivity contribution in [1.29, 1.82) is 0 Å². The molecule has 0 radical (unpaired) electrons. The normalized spacial score (nSPS) is 18.1. The van der Waals surface area contributed by atoms with E-state index in [4.69, 9.17) is 4.74 Å². The Morgan fingerprint density at radius 3 is 2.38 bits per heavy atom. The summed E-state index contributed by atoms with van der Waals surface area (Å²) >= 11 is 0. The van der Waals surface area contributed by atoms with Gasteiger partial charge in [0.25, 0.3) is 0 Å². The first-order valence-electron chi connectivity index (χ1n) is 10.4. The molecular formula is C25H28O7. The minimum Gasteiger partial charge on any atom is -0.507 e. The number of carbonyl (C=O) groups excluding carboxylic acids is 1. The van der Waals surface area contributed by atoms with Crippen LogP contribution in [-0.2, 0) is 6.42 Å². The summed E-state index contributed by atoms with van der Waals surface area (Å²) in [6, 6.07) is 5.04. The first-order valence-corrected chi connectivity index (χ1v) is 10.4. The van der Waals surface area contributed by atoms with Crippen molar-refractivity contribution in [3.63, 3.8) is 0 Å². The fourth-order valence-electron chi connectivity index (χ4n) is 3.63. The van der Waals surface area contributed by atoms with Crippen LogP contribution in [0.2, 0.25) is 0 Å². The Labute approximate surface area is 186 Å². The van der Waals surface area contributed by atoms with Gasteiger partial charge in [-0.25, -0.2) is 0 Å². The van der Waals surface area contributed by atoms with Gasteiger partial charge in [0.2, 0.25) is 5.78 Å². The summed E-state index contributed by atoms with van der Waals surface area (Å²) < 4.78 is 5.71. The number of aliphatic hydroxyl groups is 1. The Balaban J connectivity index is 1.89. The monoisotopic (exact) mass is 440 g/mol. The van der Waals surface area contributed by atoms with E-state index in [2.05, 4.69) is 6.08 Å². The van der Waals surface area contributed by atoms with Gasteiger partial charge in [-0.15, -0.1) is 0 Å². The second-order valence-electron chi connectivity index (χ2n) is 8.27. The molecule has 0 saturated carbocycles. The zero-order valence-corrected chi connectivity index (χ0v) is 18.3. The van der Waals surface area contributed by atoms with Gasteiger partial charge in [-0.05, 0) is 57.7 Å². The van der Waals surface area contributed by atoms with Crippen LogP contribution in [0.5, 0.6) is 28.7 Å². The number of ether oxygens (including phenoxy) is 1. The van der Waals surface area contributed by atoms with Crippen molar-refractivity contribution in [3.05, 3.63) is 64.3 Å². The average molecular weight is 440 g/mol. The van der Waals surface area contributed by atoms with Gasteiger partial charge in [-0.2, -0.15) is 0 Å². The number of allylic oxidation sites excluding steroid dienone is 4. The van der Waals surface area contributed by atoms with Gasteiger partial charge in [0, 0.05) is 11.6 Å². The summed E-state index contributed by atoms with van der Waals surface area (Å²) in [7, 11) is 0. The predicted molar refractivity (Wildman–Crippen MR) is 119 cm³/mol. The zero-order chi connectivity index (χ0) is 23.6. The topological polar surface area (TPSA) is 127 Å². The number of hydrogen-bond donors (Lipinski definition) is 5. The largest absolute Gasteiger partial charge is 0.507 e. The minimum atomic E-state index is -1.64. The third-order valence-corrected chi connectivity index (χ3v) is 5.48. The lowest BCUT2D eigenvalue weighted by molar-refractivity contribution is 0.0209. The summed E-state index contributed by atoms with van der Waals surface area (Å²) in [4.78, 5) is 12.9. The number of ketones is 1. The quantitative estimate of drug-likeness (QED) is 0.332. The van der Waals surface area contributed by atoms with Gasteiger partial charge in [-0.3, -0.25) is 4.79 Å². The molecule has 170 valence electrons. The molecule has 1 heterocycles. The van der Waals surface area contributed by atoms with Crippen LogP contribution in [0.15, 0.2) is 47.6 Å². The van der Waals surface area contributed by atoms with Gasteiger partial charge in [0.1, 0.15) is 22.8 Å². The second-order valence-corrected chi connectivity index (χ2v) is 8.27. The summed E-state index contributed by atoms with van der Waals surface area (Å²) in [6.07, 6.45) is 3.13. The van der Waals surface area contributed by atoms with E-state index in [0.717, 1.165) is 18.4 Å². The molecule has 1 aliphatic heterocycles. The molecule has 7 heteroatoms. The molecule has 1 aliphatic rings. The number of carbonyl (C=O) groups is 1. The fourth-order valence-corrected chi connectivity index (χ4v) is 3.63. The predicted octanol–water partition coefficient (Wildman–Crippen LogP) is 4.42. The Morgan fingerprint density at radius 1 is 1.00 bits per heavy atom. The lowest BCUT2D eigenvalue weighted by Crippen LogP contribution is -2.36. The molecule has 0 fully saturated rings. The lowest BCUT2D eigenvalue weighted by Gasteiger charge is -2.31. The van der Waals surface area contributed by atoms with Crippen molar-refractivity contribution >= 4 is 5.78 Å². The number of fused-ring (bicyclic) bond motifs is 1. The highest BCUT2D eigenvalue weighted by atomic mass is 16.5. The molecule has 2 aromatic carbocycles. The lowest BCUT2D eigenvalue weighted by atomic mass is 9.90. The fraction of sp³-hybridized carbons (Fsp3) is 0.320. The van der Waals surface area contributed by atoms with Crippen molar-refractivity contribution in [2.45, 2.75) is 52.2 Å². The molecule has 0 unspecified atom stereocenters. The van der Waals surface area contributed by atoms with E-state index < -0.39 is 29.5 Å². The number of rotatable bonds is 6. The number of aromatic hydroxyl groups is 4. The molecule has 0 amide bonds. The Hall–Kier alpha value is -3.45. The average Bonchev–Trinajstić information content (AvgIpc) is 2.72. The number of hydrogen-bond acceptors (Lipinski definition) is 7. The van der Waals surface area contributed by atoms with Crippen LogP contribution in [0.25, 0.3) is 0 Å². The highest BCUT2D eigenvalue weighted by Gasteiger charge is 2.40. The Bertz CT molecular complexity index is 1090. The van der Waals surface area contributed by atoms with Crippen molar-refractivity contribution in [3.8, 4) is 28.7 Å². The van der Waals surface area contributed by atoms with E-state index in [-0.39, 0.29) is 40.4 Å². The van der Waals surface area contributed by atoms with E-state index >= 15 is 0 Å². The SMILES string of the molecule is CC(C)=CCCC(C)=CCc1c(O)cc2c(c1O)C(=O)[C@H](O)[C@@H](c1ccc(O)c(O)c1)O2. The van der Waals surface area contributed by atoms with Gasteiger partial charge < -0.3 is 30.3 Å². The summed E-state index contributed by atoms with van der Waals surface area (Å²) in [5, 5.41) is 50.9. The number of benzene rings is 2. The third-order valence-electron chi connectivity index (χ3n) is 5.48. The molecule has 0 aromatic heterocycles. The van der Waals surface area contributed by atoms with Gasteiger partial charge in [0.15, 0.2) is 23.7 Å². The zero-order valence-electron chi connectivity index (χ0n) is 18.3. The van der Waals surface area contributed by atoms with Crippen LogP contribution in [0.1, 0.15) is 61.2 Å². The molecule has 0 saturated heterocycles. The van der Waals surface area contributed by atoms with E-state index in [1.165, 1.54) is 29.8 Å². The van der Waals surface area contributed by atoms with Crippen LogP contribution in [0.4, 0.5) is 0 Å². The molecule has 2 aromatic rings. The second kappa shape index (κ2) is 9.36. The molecule has 0 aliphatic carbocycles. The maximum absolute atomic E-state index is 12.9. The number of Topliss-reactive ketones (excluding diaryl/α,β-unsaturated/α-hetero) is 1. The molecule has 3 rings (SSSR count). The van der Waals surface area contributed by atoms with Gasteiger partial charge >= 0.3 is 0 Å². The van der Waals surface area contributed by atoms with Crippen molar-refractivity contribution in [2.75, 3.05) is 0 Å². The van der Waals surface area contributed by atoms with Gasteiger partial charge in [-0.1, -0.05) is 29.4 Å². The summed E-state index contributed by atoms with van der Waals surface area (Å²) in [5.41, 5.74) is 2.55. The van der Waals surface area contributed by atoms with Crippen LogP contribution in [-0.4, -0.2) is 37.4 Å². The Morgan fingerprint density at radius 2 is 1.72 bits per heavy atom. The van der Waals surface area contributed by atoms with Crippen LogP contribution in [0.3, 0.4) is 0 Å². The van der Waals surface area contributed by atoms with Crippen molar-refractivity contribution in [2.24, 2.45) is 0 Å². The summed E-state index contributed by atoms with van der Waals surface area (Å²) in [6.45, 7) is 6.02. The van der Waals surface area contributed by atoms with Crippen LogP contribution >= 0.6 is 0 Å². The maximum atomic E-state index is 12.9. The molecule has 0 bridgehead atoms. The smallest absolute Gasteiger partial charge is 0.202 e. The van der Waals surface area contributed by atoms with Crippen LogP contribution < -0.4 is 4.74 Å². The number of phenols is 4. The van der Waals surface area contributed by atoms with E-state index in [0.29, 0.717) is 0 Å². The van der Waals surface area contributed by atoms with E-state index in [9.17, 15) is 30.3 Å². The highest BCUT2D eigenvalue weighted by Crippen LogP contribution is 2.45. The molecule has 5 N–H and O–H groups in total. The molecule has 2 atom stereocenters. The molecule has 0 spiro atoms. The first-order chi connectivity index (χ1) is 15.1. The van der Waals surface area contributed by atoms with E-state index in [1.54, 1.807) is 0 Å². The van der Waals surface area contributed by atoms with Crippen LogP contribution in [0, 0.1) is 0 Å².